The molecule has 1 atom stereocenters. The maximum atomic E-state index is 13.7. The average molecular weight is 329 g/mol. The topological polar surface area (TPSA) is 71.1 Å². The minimum absolute atomic E-state index is 0.0929. The molecule has 0 saturated carbocycles. The molecule has 24 heavy (non-hydrogen) atoms. The zero-order valence-electron chi connectivity index (χ0n) is 13.8. The highest BCUT2D eigenvalue weighted by atomic mass is 19.1. The number of nitrogens with one attached hydrogen (secondary N) is 2. The van der Waals surface area contributed by atoms with Gasteiger partial charge in [0.2, 0.25) is 5.91 Å². The van der Waals surface area contributed by atoms with Crippen LogP contribution < -0.4 is 10.6 Å². The van der Waals surface area contributed by atoms with Gasteiger partial charge in [0.25, 0.3) is 5.91 Å². The average Bonchev–Trinajstić information content (AvgIpc) is 2.52. The molecule has 2 amide bonds. The minimum Gasteiger partial charge on any atom is -0.340 e. The van der Waals surface area contributed by atoms with Gasteiger partial charge in [0.05, 0.1) is 5.56 Å². The van der Waals surface area contributed by atoms with Crippen LogP contribution in [0.5, 0.6) is 0 Å². The van der Waals surface area contributed by atoms with Crippen LogP contribution >= 0.6 is 0 Å². The summed E-state index contributed by atoms with van der Waals surface area (Å²) in [6.45, 7) is 5.49. The molecule has 2 rings (SSSR count). The van der Waals surface area contributed by atoms with E-state index in [1.807, 2.05) is 13.0 Å². The Balaban J connectivity index is 2.13. The lowest BCUT2D eigenvalue weighted by Crippen LogP contribution is -2.47. The standard InChI is InChI=1S/C18H20FN3O2/c1-11(2)16(18(24)21-15-10-12(3)8-9-20-15)22-17(23)13-6-4-5-7-14(13)19/h4-11,16H,1-3H3,(H,22,23)(H,20,21,24)/t16-/m1/s1. The molecular weight excluding hydrogens is 309 g/mol. The summed E-state index contributed by atoms with van der Waals surface area (Å²) in [5.41, 5.74) is 0.862. The second-order valence-corrected chi connectivity index (χ2v) is 5.88. The Morgan fingerprint density at radius 2 is 1.88 bits per heavy atom. The molecule has 0 aliphatic rings. The Bertz CT molecular complexity index is 747. The molecule has 6 heteroatoms. The van der Waals surface area contributed by atoms with Crippen LogP contribution in [0.4, 0.5) is 10.2 Å². The molecule has 1 heterocycles. The van der Waals surface area contributed by atoms with Crippen LogP contribution in [0.3, 0.4) is 0 Å². The third-order valence-corrected chi connectivity index (χ3v) is 3.52. The van der Waals surface area contributed by atoms with E-state index in [4.69, 9.17) is 0 Å². The van der Waals surface area contributed by atoms with Crippen LogP contribution in [0.1, 0.15) is 29.8 Å². The number of hydrogen-bond donors (Lipinski definition) is 2. The van der Waals surface area contributed by atoms with E-state index in [1.54, 1.807) is 32.2 Å². The fourth-order valence-electron chi connectivity index (χ4n) is 2.21. The largest absolute Gasteiger partial charge is 0.340 e. The minimum atomic E-state index is -0.806. The summed E-state index contributed by atoms with van der Waals surface area (Å²) in [7, 11) is 0. The molecular formula is C18H20FN3O2. The Morgan fingerprint density at radius 3 is 2.50 bits per heavy atom. The first kappa shape index (κ1) is 17.6. The first-order valence-corrected chi connectivity index (χ1v) is 7.67. The van der Waals surface area contributed by atoms with Crippen LogP contribution in [0.2, 0.25) is 0 Å². The molecule has 0 aliphatic carbocycles. The SMILES string of the molecule is Cc1ccnc(NC(=O)[C@H](NC(=O)c2ccccc2F)C(C)C)c1. The summed E-state index contributed by atoms with van der Waals surface area (Å²) in [5, 5.41) is 5.27. The van der Waals surface area contributed by atoms with Crippen molar-refractivity contribution in [2.24, 2.45) is 5.92 Å². The lowest BCUT2D eigenvalue weighted by atomic mass is 10.0. The van der Waals surface area contributed by atoms with E-state index in [0.717, 1.165) is 5.56 Å². The van der Waals surface area contributed by atoms with E-state index in [9.17, 15) is 14.0 Å². The molecule has 1 aromatic carbocycles. The molecule has 0 fully saturated rings. The van der Waals surface area contributed by atoms with Crippen molar-refractivity contribution in [1.29, 1.82) is 0 Å². The number of nitrogens with zero attached hydrogens (tertiary/aromatic N) is 1. The van der Waals surface area contributed by atoms with Crippen molar-refractivity contribution >= 4 is 17.6 Å². The molecule has 0 spiro atoms. The number of pyridine rings is 1. The highest BCUT2D eigenvalue weighted by molar-refractivity contribution is 6.01. The number of rotatable bonds is 5. The molecule has 0 bridgehead atoms. The molecule has 0 unspecified atom stereocenters. The maximum Gasteiger partial charge on any atom is 0.254 e. The van der Waals surface area contributed by atoms with Crippen LogP contribution in [0.15, 0.2) is 42.6 Å². The van der Waals surface area contributed by atoms with Gasteiger partial charge in [-0.15, -0.1) is 0 Å². The van der Waals surface area contributed by atoms with Gasteiger partial charge in [-0.1, -0.05) is 26.0 Å². The Labute approximate surface area is 140 Å². The monoisotopic (exact) mass is 329 g/mol. The number of benzene rings is 1. The molecule has 0 saturated heterocycles. The van der Waals surface area contributed by atoms with Gasteiger partial charge < -0.3 is 10.6 Å². The van der Waals surface area contributed by atoms with Gasteiger partial charge in [-0.3, -0.25) is 9.59 Å². The van der Waals surface area contributed by atoms with Gasteiger partial charge in [-0.25, -0.2) is 9.37 Å². The third-order valence-electron chi connectivity index (χ3n) is 3.52. The molecule has 2 N–H and O–H groups in total. The van der Waals surface area contributed by atoms with Crippen molar-refractivity contribution < 1.29 is 14.0 Å². The van der Waals surface area contributed by atoms with Gasteiger partial charge in [-0.2, -0.15) is 0 Å². The summed E-state index contributed by atoms with van der Waals surface area (Å²) in [6, 6.07) is 8.39. The number of aryl methyl sites for hydroxylation is 1. The maximum absolute atomic E-state index is 13.7. The summed E-state index contributed by atoms with van der Waals surface area (Å²) in [6.07, 6.45) is 1.59. The number of amides is 2. The molecule has 2 aromatic rings. The van der Waals surface area contributed by atoms with Crippen LogP contribution in [0, 0.1) is 18.7 Å². The van der Waals surface area contributed by atoms with Crippen molar-refractivity contribution in [1.82, 2.24) is 10.3 Å². The highest BCUT2D eigenvalue weighted by Gasteiger charge is 2.26. The number of aromatic nitrogens is 1. The van der Waals surface area contributed by atoms with Crippen LogP contribution in [0.25, 0.3) is 0 Å². The first-order chi connectivity index (χ1) is 11.4. The second kappa shape index (κ2) is 7.68. The Morgan fingerprint density at radius 1 is 1.17 bits per heavy atom. The Kier molecular flexibility index (Phi) is 5.63. The van der Waals surface area contributed by atoms with Gasteiger partial charge in [0.1, 0.15) is 17.7 Å². The third kappa shape index (κ3) is 4.38. The van der Waals surface area contributed by atoms with E-state index >= 15 is 0 Å². The normalized spacial score (nSPS) is 11.9. The molecule has 0 radical (unpaired) electrons. The molecule has 0 aliphatic heterocycles. The fourth-order valence-corrected chi connectivity index (χ4v) is 2.21. The van der Waals surface area contributed by atoms with Crippen molar-refractivity contribution in [2.75, 3.05) is 5.32 Å². The number of carbonyl (C=O) groups is 2. The summed E-state index contributed by atoms with van der Waals surface area (Å²) >= 11 is 0. The van der Waals surface area contributed by atoms with Gasteiger partial charge >= 0.3 is 0 Å². The number of anilines is 1. The highest BCUT2D eigenvalue weighted by Crippen LogP contribution is 2.11. The number of hydrogen-bond acceptors (Lipinski definition) is 3. The Hall–Kier alpha value is -2.76. The number of carbonyl (C=O) groups excluding carboxylic acids is 2. The smallest absolute Gasteiger partial charge is 0.254 e. The predicted molar refractivity (Wildman–Crippen MR) is 90.1 cm³/mol. The zero-order chi connectivity index (χ0) is 17.7. The summed E-state index contributed by atoms with van der Waals surface area (Å²) in [4.78, 5) is 28.8. The fraction of sp³-hybridized carbons (Fsp3) is 0.278. The quantitative estimate of drug-likeness (QED) is 0.886. The van der Waals surface area contributed by atoms with Crippen molar-refractivity contribution in [3.8, 4) is 0 Å². The molecule has 1 aromatic heterocycles. The van der Waals surface area contributed by atoms with Gasteiger partial charge in [0, 0.05) is 6.20 Å². The lowest BCUT2D eigenvalue weighted by molar-refractivity contribution is -0.118. The predicted octanol–water partition coefficient (Wildman–Crippen LogP) is 2.92. The number of halogens is 1. The van der Waals surface area contributed by atoms with Gasteiger partial charge in [-0.05, 0) is 42.7 Å². The van der Waals surface area contributed by atoms with E-state index in [-0.39, 0.29) is 11.5 Å². The van der Waals surface area contributed by atoms with Crippen molar-refractivity contribution in [3.05, 3.63) is 59.5 Å². The van der Waals surface area contributed by atoms with Crippen LogP contribution in [-0.2, 0) is 4.79 Å². The van der Waals surface area contributed by atoms with E-state index < -0.39 is 23.7 Å². The van der Waals surface area contributed by atoms with Crippen LogP contribution in [-0.4, -0.2) is 22.8 Å². The first-order valence-electron chi connectivity index (χ1n) is 7.67. The van der Waals surface area contributed by atoms with Gasteiger partial charge in [0.15, 0.2) is 0 Å². The lowest BCUT2D eigenvalue weighted by Gasteiger charge is -2.21. The van der Waals surface area contributed by atoms with Crippen molar-refractivity contribution in [3.63, 3.8) is 0 Å². The molecule has 5 nitrogen and oxygen atoms in total. The zero-order valence-corrected chi connectivity index (χ0v) is 13.8. The van der Waals surface area contributed by atoms with Crippen molar-refractivity contribution in [2.45, 2.75) is 26.8 Å². The second-order valence-electron chi connectivity index (χ2n) is 5.88. The summed E-state index contributed by atoms with van der Waals surface area (Å²) in [5.74, 6) is -1.42. The van der Waals surface area contributed by atoms with E-state index in [2.05, 4.69) is 15.6 Å². The van der Waals surface area contributed by atoms with E-state index in [0.29, 0.717) is 5.82 Å². The summed E-state index contributed by atoms with van der Waals surface area (Å²) < 4.78 is 13.7. The molecule has 126 valence electrons. The van der Waals surface area contributed by atoms with E-state index in [1.165, 1.54) is 18.2 Å².